The van der Waals surface area contributed by atoms with Crippen LogP contribution in [-0.2, 0) is 7.05 Å². The number of methoxy groups -OCH3 is 1. The van der Waals surface area contributed by atoms with E-state index in [1.807, 2.05) is 7.05 Å². The Kier molecular flexibility index (Phi) is 2.46. The molecule has 78 valence electrons. The maximum Gasteiger partial charge on any atom is 0.162 e. The van der Waals surface area contributed by atoms with Crippen molar-refractivity contribution in [2.24, 2.45) is 13.0 Å². The van der Waals surface area contributed by atoms with E-state index in [-0.39, 0.29) is 0 Å². The van der Waals surface area contributed by atoms with Gasteiger partial charge in [0.05, 0.1) is 13.3 Å². The number of ether oxygens (including phenoxy) is 1. The highest BCUT2D eigenvalue weighted by Crippen LogP contribution is 2.40. The van der Waals surface area contributed by atoms with Crippen LogP contribution in [0.5, 0.6) is 5.75 Å². The average Bonchev–Trinajstić information content (AvgIpc) is 2.43. The van der Waals surface area contributed by atoms with E-state index in [1.54, 1.807) is 18.0 Å². The van der Waals surface area contributed by atoms with Crippen molar-refractivity contribution in [1.29, 1.82) is 0 Å². The first-order valence-electron chi connectivity index (χ1n) is 4.98. The molecule has 0 aromatic carbocycles. The molecule has 1 saturated carbocycles. The van der Waals surface area contributed by atoms with E-state index in [1.165, 1.54) is 6.42 Å². The Hall–Kier alpha value is -1.03. The number of hydrogen-bond acceptors (Lipinski definition) is 3. The zero-order valence-electron chi connectivity index (χ0n) is 8.60. The summed E-state index contributed by atoms with van der Waals surface area (Å²) in [4.78, 5) is 0. The van der Waals surface area contributed by atoms with Crippen molar-refractivity contribution in [2.75, 3.05) is 7.11 Å². The fourth-order valence-electron chi connectivity index (χ4n) is 1.90. The second-order valence-electron chi connectivity index (χ2n) is 3.86. The summed E-state index contributed by atoms with van der Waals surface area (Å²) in [5, 5.41) is 14.2. The number of aliphatic hydroxyl groups excluding tert-OH is 1. The first kappa shape index (κ1) is 9.52. The summed E-state index contributed by atoms with van der Waals surface area (Å²) in [5.74, 6) is 1.08. The van der Waals surface area contributed by atoms with Gasteiger partial charge in [0.2, 0.25) is 0 Å². The third-order valence-electron chi connectivity index (χ3n) is 3.05. The lowest BCUT2D eigenvalue weighted by molar-refractivity contribution is 0.0535. The molecule has 1 unspecified atom stereocenters. The lowest BCUT2D eigenvalue weighted by atomic mass is 9.80. The molecule has 14 heavy (non-hydrogen) atoms. The van der Waals surface area contributed by atoms with Crippen LogP contribution < -0.4 is 4.74 Å². The van der Waals surface area contributed by atoms with Crippen LogP contribution in [0, 0.1) is 5.92 Å². The second-order valence-corrected chi connectivity index (χ2v) is 3.86. The van der Waals surface area contributed by atoms with E-state index in [0.29, 0.717) is 11.7 Å². The van der Waals surface area contributed by atoms with Crippen LogP contribution in [0.1, 0.15) is 31.1 Å². The van der Waals surface area contributed by atoms with E-state index >= 15 is 0 Å². The Morgan fingerprint density at radius 1 is 1.64 bits per heavy atom. The number of rotatable bonds is 3. The summed E-state index contributed by atoms with van der Waals surface area (Å²) in [6, 6.07) is 0. The number of nitrogens with zero attached hydrogens (tertiary/aromatic N) is 2. The topological polar surface area (TPSA) is 47.3 Å². The summed E-state index contributed by atoms with van der Waals surface area (Å²) in [5.41, 5.74) is 0.803. The zero-order valence-corrected chi connectivity index (χ0v) is 8.60. The van der Waals surface area contributed by atoms with Crippen molar-refractivity contribution in [2.45, 2.75) is 25.4 Å². The number of aryl methyl sites for hydroxylation is 1. The van der Waals surface area contributed by atoms with E-state index in [4.69, 9.17) is 4.74 Å². The fraction of sp³-hybridized carbons (Fsp3) is 0.700. The fourth-order valence-corrected chi connectivity index (χ4v) is 1.90. The highest BCUT2D eigenvalue weighted by molar-refractivity contribution is 5.27. The van der Waals surface area contributed by atoms with Crippen molar-refractivity contribution < 1.29 is 9.84 Å². The van der Waals surface area contributed by atoms with Crippen LogP contribution in [0.15, 0.2) is 6.20 Å². The lowest BCUT2D eigenvalue weighted by Crippen LogP contribution is -2.22. The number of aliphatic hydroxyl groups is 1. The summed E-state index contributed by atoms with van der Waals surface area (Å²) in [6.45, 7) is 0. The Morgan fingerprint density at radius 2 is 2.36 bits per heavy atom. The molecular weight excluding hydrogens is 180 g/mol. The van der Waals surface area contributed by atoms with E-state index < -0.39 is 6.10 Å². The third kappa shape index (κ3) is 1.39. The van der Waals surface area contributed by atoms with Crippen molar-refractivity contribution in [1.82, 2.24) is 9.78 Å². The molecule has 1 heterocycles. The van der Waals surface area contributed by atoms with Crippen LogP contribution in [0.4, 0.5) is 0 Å². The molecule has 4 heteroatoms. The molecule has 4 nitrogen and oxygen atoms in total. The van der Waals surface area contributed by atoms with E-state index in [2.05, 4.69) is 5.10 Å². The van der Waals surface area contributed by atoms with Gasteiger partial charge < -0.3 is 9.84 Å². The SMILES string of the molecule is COc1cnn(C)c1C(O)C1CCC1. The van der Waals surface area contributed by atoms with Crippen LogP contribution in [0.25, 0.3) is 0 Å². The van der Waals surface area contributed by atoms with E-state index in [0.717, 1.165) is 18.5 Å². The monoisotopic (exact) mass is 196 g/mol. The summed E-state index contributed by atoms with van der Waals surface area (Å²) in [6.07, 6.45) is 4.66. The van der Waals surface area contributed by atoms with Crippen molar-refractivity contribution in [3.8, 4) is 5.75 Å². The molecule has 0 aliphatic heterocycles. The number of aromatic nitrogens is 2. The van der Waals surface area contributed by atoms with Crippen LogP contribution in [-0.4, -0.2) is 22.0 Å². The molecule has 0 saturated heterocycles. The Morgan fingerprint density at radius 3 is 2.86 bits per heavy atom. The average molecular weight is 196 g/mol. The van der Waals surface area contributed by atoms with Crippen LogP contribution in [0.3, 0.4) is 0 Å². The van der Waals surface area contributed by atoms with Crippen LogP contribution >= 0.6 is 0 Å². The van der Waals surface area contributed by atoms with Crippen LogP contribution in [0.2, 0.25) is 0 Å². The minimum Gasteiger partial charge on any atom is -0.493 e. The molecule has 1 atom stereocenters. The van der Waals surface area contributed by atoms with Crippen molar-refractivity contribution in [3.63, 3.8) is 0 Å². The molecule has 1 aromatic rings. The third-order valence-corrected chi connectivity index (χ3v) is 3.05. The minimum absolute atomic E-state index is 0.388. The van der Waals surface area contributed by atoms with Gasteiger partial charge in [-0.15, -0.1) is 0 Å². The van der Waals surface area contributed by atoms with Gasteiger partial charge in [0.15, 0.2) is 5.75 Å². The maximum atomic E-state index is 10.1. The van der Waals surface area contributed by atoms with Gasteiger partial charge in [-0.2, -0.15) is 5.10 Å². The zero-order chi connectivity index (χ0) is 10.1. The van der Waals surface area contributed by atoms with Gasteiger partial charge in [-0.25, -0.2) is 0 Å². The molecule has 1 aliphatic carbocycles. The molecule has 1 aromatic heterocycles. The van der Waals surface area contributed by atoms with E-state index in [9.17, 15) is 5.11 Å². The molecule has 1 N–H and O–H groups in total. The molecule has 0 radical (unpaired) electrons. The normalized spacial score (nSPS) is 19.1. The molecule has 1 aliphatic rings. The molecule has 1 fully saturated rings. The second kappa shape index (κ2) is 3.61. The predicted molar refractivity (Wildman–Crippen MR) is 52.1 cm³/mol. The summed E-state index contributed by atoms with van der Waals surface area (Å²) < 4.78 is 6.86. The molecular formula is C10H16N2O2. The van der Waals surface area contributed by atoms with Gasteiger partial charge >= 0.3 is 0 Å². The summed E-state index contributed by atoms with van der Waals surface area (Å²) >= 11 is 0. The molecule has 2 rings (SSSR count). The highest BCUT2D eigenvalue weighted by Gasteiger charge is 2.30. The first-order chi connectivity index (χ1) is 6.74. The van der Waals surface area contributed by atoms with Gasteiger partial charge in [0, 0.05) is 7.05 Å². The Balaban J connectivity index is 2.23. The minimum atomic E-state index is -0.425. The lowest BCUT2D eigenvalue weighted by Gasteiger charge is -2.30. The maximum absolute atomic E-state index is 10.1. The van der Waals surface area contributed by atoms with Crippen molar-refractivity contribution >= 4 is 0 Å². The summed E-state index contributed by atoms with van der Waals surface area (Å²) in [7, 11) is 3.44. The van der Waals surface area contributed by atoms with Gasteiger partial charge in [0.25, 0.3) is 0 Å². The smallest absolute Gasteiger partial charge is 0.162 e. The predicted octanol–water partition coefficient (Wildman–Crippen LogP) is 1.26. The van der Waals surface area contributed by atoms with Gasteiger partial charge in [-0.05, 0) is 18.8 Å². The standard InChI is InChI=1S/C10H16N2O2/c1-12-9(8(14-2)6-11-12)10(13)7-4-3-5-7/h6-7,10,13H,3-5H2,1-2H3. The molecule has 0 bridgehead atoms. The quantitative estimate of drug-likeness (QED) is 0.791. The Labute approximate surface area is 83.5 Å². The van der Waals surface area contributed by atoms with Crippen molar-refractivity contribution in [3.05, 3.63) is 11.9 Å². The molecule has 0 amide bonds. The number of hydrogen-bond donors (Lipinski definition) is 1. The highest BCUT2D eigenvalue weighted by atomic mass is 16.5. The van der Waals surface area contributed by atoms with Gasteiger partial charge in [0.1, 0.15) is 11.8 Å². The Bertz CT molecular complexity index is 318. The van der Waals surface area contributed by atoms with Gasteiger partial charge in [-0.1, -0.05) is 6.42 Å². The first-order valence-corrected chi connectivity index (χ1v) is 4.98. The molecule has 0 spiro atoms. The van der Waals surface area contributed by atoms with Gasteiger partial charge in [-0.3, -0.25) is 4.68 Å². The largest absolute Gasteiger partial charge is 0.493 e.